The molecule has 57 heavy (non-hydrogen) atoms. The second-order valence-electron chi connectivity index (χ2n) is 15.2. The second-order valence-corrected chi connectivity index (χ2v) is 15.2. The summed E-state index contributed by atoms with van der Waals surface area (Å²) < 4.78 is 6.17. The minimum absolute atomic E-state index is 0.570. The van der Waals surface area contributed by atoms with Crippen molar-refractivity contribution < 1.29 is 4.42 Å². The molecule has 0 aliphatic heterocycles. The van der Waals surface area contributed by atoms with Crippen LogP contribution in [-0.2, 0) is 0 Å². The molecule has 0 unspecified atom stereocenters. The molecule has 0 atom stereocenters. The number of hydrogen-bond acceptors (Lipinski definition) is 3. The lowest BCUT2D eigenvalue weighted by Crippen LogP contribution is -1.91. The predicted octanol–water partition coefficient (Wildman–Crippen LogP) is 14.8. The Kier molecular flexibility index (Phi) is 6.16. The molecule has 2 aromatic heterocycles. The summed E-state index contributed by atoms with van der Waals surface area (Å²) in [7, 11) is 0. The first-order valence-corrected chi connectivity index (χ1v) is 19.5. The van der Waals surface area contributed by atoms with E-state index in [-0.39, 0.29) is 0 Å². The van der Waals surface area contributed by atoms with Crippen LogP contribution in [0.15, 0.2) is 187 Å². The van der Waals surface area contributed by atoms with Gasteiger partial charge in [0.1, 0.15) is 0 Å². The van der Waals surface area contributed by atoms with E-state index in [1.807, 2.05) is 12.1 Å². The third-order valence-corrected chi connectivity index (χ3v) is 12.2. The van der Waals surface area contributed by atoms with Gasteiger partial charge in [-0.2, -0.15) is 4.98 Å². The monoisotopic (exact) mass is 722 g/mol. The topological polar surface area (TPSA) is 38.9 Å². The van der Waals surface area contributed by atoms with Gasteiger partial charge in [0.15, 0.2) is 11.2 Å². The van der Waals surface area contributed by atoms with Gasteiger partial charge in [-0.15, -0.1) is 0 Å². The van der Waals surface area contributed by atoms with Gasteiger partial charge in [0.05, 0.1) is 0 Å². The van der Waals surface area contributed by atoms with E-state index >= 15 is 0 Å². The molecule has 0 fully saturated rings. The van der Waals surface area contributed by atoms with Crippen molar-refractivity contribution in [1.82, 2.24) is 9.97 Å². The van der Waals surface area contributed by atoms with Crippen molar-refractivity contribution in [1.29, 1.82) is 0 Å². The summed E-state index contributed by atoms with van der Waals surface area (Å²) in [4.78, 5) is 9.13. The maximum absolute atomic E-state index is 6.17. The molecule has 262 valence electrons. The highest BCUT2D eigenvalue weighted by atomic mass is 16.3. The number of pyridine rings is 1. The fraction of sp³-hybridized carbons (Fsp3) is 0. The highest BCUT2D eigenvalue weighted by Gasteiger charge is 2.27. The van der Waals surface area contributed by atoms with Crippen LogP contribution < -0.4 is 0 Å². The smallest absolute Gasteiger partial charge is 0.228 e. The zero-order valence-electron chi connectivity index (χ0n) is 30.6. The summed E-state index contributed by atoms with van der Waals surface area (Å²) in [5, 5.41) is 18.1. The third kappa shape index (κ3) is 4.20. The summed E-state index contributed by atoms with van der Waals surface area (Å²) in [6.07, 6.45) is 1.75. The van der Waals surface area contributed by atoms with Gasteiger partial charge in [0.25, 0.3) is 0 Å². The fourth-order valence-corrected chi connectivity index (χ4v) is 9.97. The number of benzene rings is 9. The molecule has 0 spiro atoms. The summed E-state index contributed by atoms with van der Waals surface area (Å²) in [5.74, 6) is 0.570. The predicted molar refractivity (Wildman–Crippen MR) is 238 cm³/mol. The highest BCUT2D eigenvalue weighted by Crippen LogP contribution is 2.55. The van der Waals surface area contributed by atoms with Crippen LogP contribution >= 0.6 is 0 Å². The van der Waals surface area contributed by atoms with Crippen LogP contribution in [0.5, 0.6) is 0 Å². The van der Waals surface area contributed by atoms with Crippen LogP contribution in [0.1, 0.15) is 0 Å². The Morgan fingerprint density at radius 1 is 0.333 bits per heavy atom. The molecule has 0 saturated heterocycles. The van der Waals surface area contributed by atoms with Crippen molar-refractivity contribution in [2.24, 2.45) is 0 Å². The number of rotatable bonds is 4. The van der Waals surface area contributed by atoms with E-state index in [2.05, 4.69) is 169 Å². The van der Waals surface area contributed by atoms with E-state index in [4.69, 9.17) is 9.40 Å². The van der Waals surface area contributed by atoms with Gasteiger partial charge in [-0.05, 0) is 139 Å². The lowest BCUT2D eigenvalue weighted by Gasteiger charge is -2.19. The summed E-state index contributed by atoms with van der Waals surface area (Å²) >= 11 is 0. The molecular formula is C54H30N2O. The van der Waals surface area contributed by atoms with E-state index in [0.717, 1.165) is 11.1 Å². The van der Waals surface area contributed by atoms with Crippen LogP contribution in [0.25, 0.3) is 131 Å². The van der Waals surface area contributed by atoms with E-state index in [0.29, 0.717) is 17.1 Å². The maximum atomic E-state index is 6.17. The molecule has 13 aromatic rings. The minimum Gasteiger partial charge on any atom is -0.434 e. The summed E-state index contributed by atoms with van der Waals surface area (Å²) in [5.41, 5.74) is 9.52. The third-order valence-electron chi connectivity index (χ3n) is 12.2. The van der Waals surface area contributed by atoms with Crippen LogP contribution in [0.4, 0.5) is 0 Å². The Morgan fingerprint density at radius 3 is 1.70 bits per heavy atom. The Morgan fingerprint density at radius 2 is 0.912 bits per heavy atom. The van der Waals surface area contributed by atoms with Gasteiger partial charge in [-0.3, -0.25) is 0 Å². The SMILES string of the molecule is c1ccc(-c2c3cc4c5ccccc5c5cccc(c3c(-c3ccccc3)c3c6ccc(-c7cccc(-c8nc9ncccc9o8)c7)c7cccc(c23)c76)c54)cc1. The van der Waals surface area contributed by atoms with Crippen molar-refractivity contribution in [2.75, 3.05) is 0 Å². The Bertz CT molecular complexity index is 3700. The molecule has 0 radical (unpaired) electrons. The first-order chi connectivity index (χ1) is 28.3. The lowest BCUT2D eigenvalue weighted by molar-refractivity contribution is 0.619. The molecular weight excluding hydrogens is 693 g/mol. The van der Waals surface area contributed by atoms with E-state index < -0.39 is 0 Å². The van der Waals surface area contributed by atoms with Gasteiger partial charge in [0, 0.05) is 11.8 Å². The molecule has 0 saturated carbocycles. The molecule has 0 aliphatic carbocycles. The Balaban J connectivity index is 1.21. The number of fused-ring (bicyclic) bond motifs is 9. The number of hydrogen-bond donors (Lipinski definition) is 0. The Hall–Kier alpha value is -7.62. The van der Waals surface area contributed by atoms with Gasteiger partial charge in [-0.25, -0.2) is 4.98 Å². The quantitative estimate of drug-likeness (QED) is 0.170. The van der Waals surface area contributed by atoms with Crippen LogP contribution in [0.2, 0.25) is 0 Å². The standard InChI is InChI=1S/C54H30N2O/c1-3-13-31(14-4-1)46-44-30-43-37-20-8-7-19-36(37)39-22-11-23-40(49(39)43)50(44)47(32-15-5-2-6-16-32)52-42-27-26-35(38-21-10-24-41(48(38)42)51(46)52)33-17-9-18-34(29-33)54-56-53-45(57-54)25-12-28-55-53/h1-30H. The number of nitrogens with zero attached hydrogens (tertiary/aromatic N) is 2. The van der Waals surface area contributed by atoms with E-state index in [1.54, 1.807) is 6.20 Å². The normalized spacial score (nSPS) is 12.2. The molecule has 0 aliphatic rings. The van der Waals surface area contributed by atoms with Crippen molar-refractivity contribution in [3.8, 4) is 44.8 Å². The van der Waals surface area contributed by atoms with Crippen molar-refractivity contribution in [3.05, 3.63) is 182 Å². The zero-order valence-corrected chi connectivity index (χ0v) is 30.6. The molecule has 0 N–H and O–H groups in total. The number of oxazole rings is 1. The molecule has 0 bridgehead atoms. The van der Waals surface area contributed by atoms with Crippen LogP contribution in [0.3, 0.4) is 0 Å². The van der Waals surface area contributed by atoms with Crippen LogP contribution in [0, 0.1) is 0 Å². The number of aromatic nitrogens is 2. The summed E-state index contributed by atoms with van der Waals surface area (Å²) in [6, 6.07) is 64.3. The van der Waals surface area contributed by atoms with Gasteiger partial charge < -0.3 is 4.42 Å². The van der Waals surface area contributed by atoms with Gasteiger partial charge >= 0.3 is 0 Å². The van der Waals surface area contributed by atoms with Crippen molar-refractivity contribution >= 4 is 86.6 Å². The largest absolute Gasteiger partial charge is 0.434 e. The minimum atomic E-state index is 0.570. The summed E-state index contributed by atoms with van der Waals surface area (Å²) in [6.45, 7) is 0. The van der Waals surface area contributed by atoms with Crippen molar-refractivity contribution in [2.45, 2.75) is 0 Å². The first-order valence-electron chi connectivity index (χ1n) is 19.5. The van der Waals surface area contributed by atoms with E-state index in [9.17, 15) is 0 Å². The van der Waals surface area contributed by atoms with E-state index in [1.165, 1.54) is 103 Å². The zero-order chi connectivity index (χ0) is 37.2. The molecule has 2 heterocycles. The first kappa shape index (κ1) is 30.7. The van der Waals surface area contributed by atoms with Crippen molar-refractivity contribution in [3.63, 3.8) is 0 Å². The average molecular weight is 723 g/mol. The Labute approximate surface area is 326 Å². The molecule has 3 heteroatoms. The molecule has 0 amide bonds. The molecule has 3 nitrogen and oxygen atoms in total. The van der Waals surface area contributed by atoms with Gasteiger partial charge in [-0.1, -0.05) is 146 Å². The highest BCUT2D eigenvalue weighted by molar-refractivity contribution is 6.45. The van der Waals surface area contributed by atoms with Gasteiger partial charge in [0.2, 0.25) is 5.89 Å². The second kappa shape index (κ2) is 11.5. The molecule has 11 aromatic carbocycles. The lowest BCUT2D eigenvalue weighted by atomic mass is 9.84. The van der Waals surface area contributed by atoms with Crippen LogP contribution in [-0.4, -0.2) is 9.97 Å². The maximum Gasteiger partial charge on any atom is 0.228 e. The molecule has 13 rings (SSSR count). The average Bonchev–Trinajstić information content (AvgIpc) is 3.96. The fourth-order valence-electron chi connectivity index (χ4n) is 9.97.